The second-order valence-corrected chi connectivity index (χ2v) is 6.70. The molecule has 1 radical (unpaired) electrons. The summed E-state index contributed by atoms with van der Waals surface area (Å²) in [4.78, 5) is 24.1. The third-order valence-corrected chi connectivity index (χ3v) is 3.84. The Bertz CT molecular complexity index is 582. The summed E-state index contributed by atoms with van der Waals surface area (Å²) in [7, 11) is 0. The number of carbonyl (C=O) groups is 2. The molecule has 2 aliphatic heterocycles. The van der Waals surface area contributed by atoms with Gasteiger partial charge in [0.25, 0.3) is 0 Å². The molecule has 2 heterocycles. The molecule has 0 aromatic heterocycles. The molecule has 0 spiro atoms. The van der Waals surface area contributed by atoms with Crippen LogP contribution in [0.1, 0.15) is 40.5 Å². The van der Waals surface area contributed by atoms with E-state index in [0.717, 1.165) is 11.4 Å². The number of ether oxygens (including phenoxy) is 1. The van der Waals surface area contributed by atoms with Gasteiger partial charge in [-0.25, -0.2) is 0 Å². The van der Waals surface area contributed by atoms with Gasteiger partial charge in [-0.2, -0.15) is 0 Å². The standard InChI is InChI=1S/C18H24N2O3.Cu/c1-13-7-5-9-17(3,19-13)11-15(21)23-16(22)12-18(4)10-6-8-14(2)20-18;/h5-10,19-20H,11-12H2,1-4H3;. The first-order valence-corrected chi connectivity index (χ1v) is 7.72. The predicted octanol–water partition coefficient (Wildman–Crippen LogP) is 2.48. The van der Waals surface area contributed by atoms with Crippen LogP contribution in [0.5, 0.6) is 0 Å². The van der Waals surface area contributed by atoms with Crippen LogP contribution >= 0.6 is 0 Å². The molecule has 0 saturated carbocycles. The summed E-state index contributed by atoms with van der Waals surface area (Å²) in [5, 5.41) is 6.45. The van der Waals surface area contributed by atoms with Gasteiger partial charge in [0.05, 0.1) is 23.9 Å². The molecule has 0 saturated heterocycles. The van der Waals surface area contributed by atoms with Crippen LogP contribution in [0.3, 0.4) is 0 Å². The molecule has 135 valence electrons. The van der Waals surface area contributed by atoms with Gasteiger partial charge < -0.3 is 15.4 Å². The van der Waals surface area contributed by atoms with E-state index in [0.29, 0.717) is 0 Å². The van der Waals surface area contributed by atoms with Gasteiger partial charge in [0, 0.05) is 28.5 Å². The SMILES string of the molecule is CC1=CC=CC(C)(CC(=O)OC(=O)CC2(C)C=CC=C(C)N2)N1.[Cu]. The summed E-state index contributed by atoms with van der Waals surface area (Å²) in [6, 6.07) is 0. The van der Waals surface area contributed by atoms with Crippen LogP contribution in [0.4, 0.5) is 0 Å². The van der Waals surface area contributed by atoms with Gasteiger partial charge in [-0.1, -0.05) is 24.3 Å². The maximum atomic E-state index is 12.1. The normalized spacial score (nSPS) is 27.8. The molecule has 0 aromatic carbocycles. The second kappa shape index (κ2) is 7.86. The van der Waals surface area contributed by atoms with Gasteiger partial charge in [0.2, 0.25) is 0 Å². The topological polar surface area (TPSA) is 67.4 Å². The van der Waals surface area contributed by atoms with Crippen molar-refractivity contribution in [3.8, 4) is 0 Å². The van der Waals surface area contributed by atoms with Gasteiger partial charge in [-0.05, 0) is 39.8 Å². The van der Waals surface area contributed by atoms with Crippen molar-refractivity contribution in [1.29, 1.82) is 0 Å². The Kier molecular flexibility index (Phi) is 6.64. The largest absolute Gasteiger partial charge is 0.393 e. The molecule has 2 aliphatic rings. The molecular formula is C18H24CuN2O3. The molecule has 0 bridgehead atoms. The summed E-state index contributed by atoms with van der Waals surface area (Å²) in [6.45, 7) is 7.64. The Morgan fingerprint density at radius 2 is 1.29 bits per heavy atom. The minimum absolute atomic E-state index is 0. The van der Waals surface area contributed by atoms with Crippen molar-refractivity contribution in [2.24, 2.45) is 0 Å². The minimum Gasteiger partial charge on any atom is -0.393 e. The number of allylic oxidation sites excluding steroid dienone is 6. The van der Waals surface area contributed by atoms with E-state index in [1.807, 2.05) is 64.2 Å². The Morgan fingerprint density at radius 1 is 0.917 bits per heavy atom. The zero-order chi connectivity index (χ0) is 17.1. The second-order valence-electron chi connectivity index (χ2n) is 6.70. The van der Waals surface area contributed by atoms with Crippen LogP contribution in [-0.2, 0) is 31.4 Å². The van der Waals surface area contributed by atoms with Crippen molar-refractivity contribution in [1.82, 2.24) is 10.6 Å². The van der Waals surface area contributed by atoms with E-state index in [4.69, 9.17) is 4.74 Å². The summed E-state index contributed by atoms with van der Waals surface area (Å²) >= 11 is 0. The summed E-state index contributed by atoms with van der Waals surface area (Å²) in [6.07, 6.45) is 11.6. The molecule has 6 heteroatoms. The molecule has 5 nitrogen and oxygen atoms in total. The third-order valence-electron chi connectivity index (χ3n) is 3.84. The fourth-order valence-electron chi connectivity index (χ4n) is 2.88. The molecule has 2 N–H and O–H groups in total. The van der Waals surface area contributed by atoms with Crippen molar-refractivity contribution in [3.05, 3.63) is 47.9 Å². The number of nitrogens with one attached hydrogen (secondary N) is 2. The van der Waals surface area contributed by atoms with E-state index in [1.54, 1.807) is 0 Å². The number of carbonyl (C=O) groups excluding carboxylic acids is 2. The average molecular weight is 380 g/mol. The molecule has 24 heavy (non-hydrogen) atoms. The van der Waals surface area contributed by atoms with Crippen molar-refractivity contribution >= 4 is 11.9 Å². The maximum absolute atomic E-state index is 12.1. The average Bonchev–Trinajstić information content (AvgIpc) is 2.35. The van der Waals surface area contributed by atoms with Crippen LogP contribution in [0.2, 0.25) is 0 Å². The predicted molar refractivity (Wildman–Crippen MR) is 89.2 cm³/mol. The van der Waals surface area contributed by atoms with Gasteiger partial charge >= 0.3 is 11.9 Å². The van der Waals surface area contributed by atoms with Crippen LogP contribution in [-0.4, -0.2) is 23.0 Å². The van der Waals surface area contributed by atoms with Gasteiger partial charge in [0.15, 0.2) is 0 Å². The first-order chi connectivity index (χ1) is 10.7. The summed E-state index contributed by atoms with van der Waals surface area (Å²) in [5.74, 6) is -1.06. The molecule has 2 rings (SSSR count). The van der Waals surface area contributed by atoms with Crippen molar-refractivity contribution < 1.29 is 31.4 Å². The Labute approximate surface area is 153 Å². The molecule has 0 aliphatic carbocycles. The van der Waals surface area contributed by atoms with Crippen LogP contribution < -0.4 is 10.6 Å². The molecule has 0 fully saturated rings. The van der Waals surface area contributed by atoms with Gasteiger partial charge in [-0.3, -0.25) is 9.59 Å². The smallest absolute Gasteiger partial charge is 0.316 e. The van der Waals surface area contributed by atoms with Crippen molar-refractivity contribution in [2.75, 3.05) is 0 Å². The summed E-state index contributed by atoms with van der Waals surface area (Å²) in [5.41, 5.74) is 0.895. The van der Waals surface area contributed by atoms with Gasteiger partial charge in [-0.15, -0.1) is 0 Å². The Hall–Kier alpha value is -1.78. The van der Waals surface area contributed by atoms with E-state index in [1.165, 1.54) is 0 Å². The number of hydrogen-bond acceptors (Lipinski definition) is 5. The van der Waals surface area contributed by atoms with E-state index in [2.05, 4.69) is 10.6 Å². The molecule has 2 atom stereocenters. The molecular weight excluding hydrogens is 356 g/mol. The number of hydrogen-bond donors (Lipinski definition) is 2. The van der Waals surface area contributed by atoms with Crippen LogP contribution in [0, 0.1) is 0 Å². The number of dihydropyridines is 2. The first kappa shape index (κ1) is 20.3. The number of rotatable bonds is 4. The fourth-order valence-corrected chi connectivity index (χ4v) is 2.88. The molecule has 2 unspecified atom stereocenters. The zero-order valence-electron chi connectivity index (χ0n) is 14.4. The Balaban J connectivity index is 0.00000288. The Morgan fingerprint density at radius 3 is 1.62 bits per heavy atom. The van der Waals surface area contributed by atoms with Crippen LogP contribution in [0.15, 0.2) is 47.9 Å². The van der Waals surface area contributed by atoms with Crippen molar-refractivity contribution in [3.63, 3.8) is 0 Å². The fraction of sp³-hybridized carbons (Fsp3) is 0.444. The quantitative estimate of drug-likeness (QED) is 0.446. The van der Waals surface area contributed by atoms with E-state index in [9.17, 15) is 9.59 Å². The first-order valence-electron chi connectivity index (χ1n) is 7.72. The number of esters is 2. The third kappa shape index (κ3) is 5.69. The van der Waals surface area contributed by atoms with E-state index in [-0.39, 0.29) is 29.9 Å². The minimum atomic E-state index is -0.528. The molecule has 0 aromatic rings. The maximum Gasteiger partial charge on any atom is 0.316 e. The summed E-state index contributed by atoms with van der Waals surface area (Å²) < 4.78 is 4.99. The zero-order valence-corrected chi connectivity index (χ0v) is 15.3. The van der Waals surface area contributed by atoms with E-state index >= 15 is 0 Å². The van der Waals surface area contributed by atoms with Gasteiger partial charge in [0.1, 0.15) is 0 Å². The van der Waals surface area contributed by atoms with Crippen molar-refractivity contribution in [2.45, 2.75) is 51.6 Å². The van der Waals surface area contributed by atoms with E-state index < -0.39 is 23.0 Å². The molecule has 0 amide bonds. The van der Waals surface area contributed by atoms with Crippen LogP contribution in [0.25, 0.3) is 0 Å². The monoisotopic (exact) mass is 379 g/mol.